The van der Waals surface area contributed by atoms with Gasteiger partial charge in [-0.3, -0.25) is 9.59 Å². The Labute approximate surface area is 155 Å². The maximum Gasteiger partial charge on any atom is 0.255 e. The van der Waals surface area contributed by atoms with E-state index in [1.807, 2.05) is 6.07 Å². The molecule has 0 saturated heterocycles. The molecule has 0 saturated carbocycles. The third kappa shape index (κ3) is 4.70. The maximum absolute atomic E-state index is 12.9. The van der Waals surface area contributed by atoms with Gasteiger partial charge in [0.2, 0.25) is 0 Å². The van der Waals surface area contributed by atoms with Crippen LogP contribution in [0.15, 0.2) is 72.8 Å². The van der Waals surface area contributed by atoms with Gasteiger partial charge in [0.15, 0.2) is 0 Å². The second kappa shape index (κ2) is 8.14. The first-order chi connectivity index (χ1) is 13.0. The van der Waals surface area contributed by atoms with Crippen LogP contribution in [0.4, 0.5) is 10.1 Å². The molecule has 6 heteroatoms. The molecule has 0 aliphatic heterocycles. The summed E-state index contributed by atoms with van der Waals surface area (Å²) in [5, 5.41) is 2.70. The van der Waals surface area contributed by atoms with E-state index in [0.29, 0.717) is 22.6 Å². The third-order valence-corrected chi connectivity index (χ3v) is 3.84. The van der Waals surface area contributed by atoms with Crippen LogP contribution in [-0.2, 0) is 6.61 Å². The minimum atomic E-state index is -0.571. The van der Waals surface area contributed by atoms with E-state index >= 15 is 0 Å². The molecular weight excluding hydrogens is 347 g/mol. The number of rotatable bonds is 6. The first-order valence-electron chi connectivity index (χ1n) is 8.20. The van der Waals surface area contributed by atoms with Crippen molar-refractivity contribution in [2.45, 2.75) is 6.61 Å². The molecule has 0 radical (unpaired) electrons. The smallest absolute Gasteiger partial charge is 0.255 e. The van der Waals surface area contributed by atoms with Gasteiger partial charge in [-0.25, -0.2) is 4.39 Å². The molecule has 0 bridgehead atoms. The van der Waals surface area contributed by atoms with E-state index in [1.54, 1.807) is 42.5 Å². The Hall–Kier alpha value is -3.67. The number of hydrogen-bond acceptors (Lipinski definition) is 3. The molecule has 136 valence electrons. The zero-order chi connectivity index (χ0) is 19.2. The summed E-state index contributed by atoms with van der Waals surface area (Å²) in [5.41, 5.74) is 7.31. The molecule has 3 rings (SSSR count). The molecule has 0 heterocycles. The van der Waals surface area contributed by atoms with Gasteiger partial charge in [-0.05, 0) is 54.1 Å². The number of anilines is 1. The number of nitrogens with one attached hydrogen (secondary N) is 1. The molecule has 0 aliphatic rings. The first-order valence-corrected chi connectivity index (χ1v) is 8.20. The number of carbonyl (C=O) groups excluding carboxylic acids is 2. The van der Waals surface area contributed by atoms with Crippen LogP contribution in [0.25, 0.3) is 0 Å². The number of nitrogens with two attached hydrogens (primary N) is 1. The van der Waals surface area contributed by atoms with Crippen molar-refractivity contribution >= 4 is 17.5 Å². The van der Waals surface area contributed by atoms with Crippen molar-refractivity contribution in [3.05, 3.63) is 95.3 Å². The number of ether oxygens (including phenoxy) is 1. The molecule has 0 spiro atoms. The molecule has 3 aromatic rings. The van der Waals surface area contributed by atoms with E-state index in [-0.39, 0.29) is 18.3 Å². The SMILES string of the molecule is NC(=O)c1ccccc1OCc1cccc(C(=O)Nc2ccc(F)cc2)c1. The average Bonchev–Trinajstić information content (AvgIpc) is 2.68. The molecule has 0 atom stereocenters. The van der Waals surface area contributed by atoms with Crippen molar-refractivity contribution in [1.29, 1.82) is 0 Å². The highest BCUT2D eigenvalue weighted by molar-refractivity contribution is 6.04. The van der Waals surface area contributed by atoms with Crippen molar-refractivity contribution in [3.8, 4) is 5.75 Å². The molecular formula is C21H17FN2O3. The van der Waals surface area contributed by atoms with Crippen molar-refractivity contribution in [1.82, 2.24) is 0 Å². The second-order valence-corrected chi connectivity index (χ2v) is 5.81. The van der Waals surface area contributed by atoms with Gasteiger partial charge in [-0.15, -0.1) is 0 Å². The average molecular weight is 364 g/mol. The van der Waals surface area contributed by atoms with E-state index in [4.69, 9.17) is 10.5 Å². The highest BCUT2D eigenvalue weighted by Gasteiger charge is 2.10. The van der Waals surface area contributed by atoms with Crippen LogP contribution < -0.4 is 15.8 Å². The van der Waals surface area contributed by atoms with Gasteiger partial charge in [0, 0.05) is 11.3 Å². The highest BCUT2D eigenvalue weighted by Crippen LogP contribution is 2.19. The summed E-state index contributed by atoms with van der Waals surface area (Å²) in [6, 6.07) is 19.1. The molecule has 3 N–H and O–H groups in total. The number of hydrogen-bond donors (Lipinski definition) is 2. The standard InChI is InChI=1S/C21H17FN2O3/c22-16-8-10-17(11-9-16)24-21(26)15-5-3-4-14(12-15)13-27-19-7-2-1-6-18(19)20(23)25/h1-12H,13H2,(H2,23,25)(H,24,26). The van der Waals surface area contributed by atoms with Crippen LogP contribution in [-0.4, -0.2) is 11.8 Å². The second-order valence-electron chi connectivity index (χ2n) is 5.81. The molecule has 27 heavy (non-hydrogen) atoms. The highest BCUT2D eigenvalue weighted by atomic mass is 19.1. The van der Waals surface area contributed by atoms with Gasteiger partial charge >= 0.3 is 0 Å². The van der Waals surface area contributed by atoms with E-state index in [1.165, 1.54) is 24.3 Å². The summed E-state index contributed by atoms with van der Waals surface area (Å²) in [6.07, 6.45) is 0. The molecule has 0 aliphatic carbocycles. The Bertz CT molecular complexity index is 971. The van der Waals surface area contributed by atoms with Crippen LogP contribution in [0.2, 0.25) is 0 Å². The quantitative estimate of drug-likeness (QED) is 0.699. The number of halogens is 1. The van der Waals surface area contributed by atoms with E-state index in [2.05, 4.69) is 5.32 Å². The summed E-state index contributed by atoms with van der Waals surface area (Å²) in [6.45, 7) is 0.169. The number of amides is 2. The summed E-state index contributed by atoms with van der Waals surface area (Å²) < 4.78 is 18.6. The Balaban J connectivity index is 1.69. The lowest BCUT2D eigenvalue weighted by molar-refractivity contribution is 0.0994. The van der Waals surface area contributed by atoms with Crippen molar-refractivity contribution in [2.24, 2.45) is 5.73 Å². The zero-order valence-electron chi connectivity index (χ0n) is 14.3. The predicted octanol–water partition coefficient (Wildman–Crippen LogP) is 3.76. The Morgan fingerprint density at radius 1 is 0.963 bits per heavy atom. The van der Waals surface area contributed by atoms with Crippen molar-refractivity contribution in [2.75, 3.05) is 5.32 Å². The maximum atomic E-state index is 12.9. The topological polar surface area (TPSA) is 81.4 Å². The molecule has 5 nitrogen and oxygen atoms in total. The summed E-state index contributed by atoms with van der Waals surface area (Å²) >= 11 is 0. The fraction of sp³-hybridized carbons (Fsp3) is 0.0476. The summed E-state index contributed by atoms with van der Waals surface area (Å²) in [7, 11) is 0. The van der Waals surface area contributed by atoms with Gasteiger partial charge in [0.1, 0.15) is 18.2 Å². The van der Waals surface area contributed by atoms with E-state index < -0.39 is 5.91 Å². The largest absolute Gasteiger partial charge is 0.488 e. The minimum absolute atomic E-state index is 0.169. The number of para-hydroxylation sites is 1. The van der Waals surface area contributed by atoms with Gasteiger partial charge in [0.25, 0.3) is 11.8 Å². The Morgan fingerprint density at radius 3 is 2.44 bits per heavy atom. The van der Waals surface area contributed by atoms with Crippen LogP contribution in [0.1, 0.15) is 26.3 Å². The van der Waals surface area contributed by atoms with E-state index in [0.717, 1.165) is 5.56 Å². The number of primary amides is 1. The molecule has 0 unspecified atom stereocenters. The predicted molar refractivity (Wildman–Crippen MR) is 100 cm³/mol. The zero-order valence-corrected chi connectivity index (χ0v) is 14.3. The lowest BCUT2D eigenvalue weighted by Gasteiger charge is -2.10. The van der Waals surface area contributed by atoms with Crippen LogP contribution in [0.3, 0.4) is 0 Å². The van der Waals surface area contributed by atoms with Gasteiger partial charge < -0.3 is 15.8 Å². The van der Waals surface area contributed by atoms with Crippen LogP contribution >= 0.6 is 0 Å². The van der Waals surface area contributed by atoms with Gasteiger partial charge in [-0.1, -0.05) is 24.3 Å². The Morgan fingerprint density at radius 2 is 1.70 bits per heavy atom. The third-order valence-electron chi connectivity index (χ3n) is 3.84. The number of carbonyl (C=O) groups is 2. The first kappa shape index (κ1) is 18.1. The van der Waals surface area contributed by atoms with Gasteiger partial charge in [-0.2, -0.15) is 0 Å². The molecule has 3 aromatic carbocycles. The normalized spacial score (nSPS) is 10.3. The van der Waals surface area contributed by atoms with Crippen LogP contribution in [0.5, 0.6) is 5.75 Å². The summed E-state index contributed by atoms with van der Waals surface area (Å²) in [4.78, 5) is 23.8. The Kier molecular flexibility index (Phi) is 5.47. The molecule has 2 amide bonds. The van der Waals surface area contributed by atoms with E-state index in [9.17, 15) is 14.0 Å². The van der Waals surface area contributed by atoms with Crippen LogP contribution in [0, 0.1) is 5.82 Å². The lowest BCUT2D eigenvalue weighted by Crippen LogP contribution is -2.13. The number of benzene rings is 3. The fourth-order valence-electron chi connectivity index (χ4n) is 2.50. The minimum Gasteiger partial charge on any atom is -0.488 e. The summed E-state index contributed by atoms with van der Waals surface area (Å²) in [5.74, 6) is -0.881. The molecule has 0 aromatic heterocycles. The lowest BCUT2D eigenvalue weighted by atomic mass is 10.1. The fourth-order valence-corrected chi connectivity index (χ4v) is 2.50. The monoisotopic (exact) mass is 364 g/mol. The molecule has 0 fully saturated rings. The van der Waals surface area contributed by atoms with Crippen molar-refractivity contribution < 1.29 is 18.7 Å². The van der Waals surface area contributed by atoms with Crippen molar-refractivity contribution in [3.63, 3.8) is 0 Å². The van der Waals surface area contributed by atoms with Gasteiger partial charge in [0.05, 0.1) is 5.56 Å².